The molecule has 1 N–H and O–H groups in total. The third kappa shape index (κ3) is 3.19. The molecule has 4 aliphatic rings. The average Bonchev–Trinajstić information content (AvgIpc) is 2.35. The van der Waals surface area contributed by atoms with Crippen LogP contribution < -0.4 is 5.32 Å². The fourth-order valence-corrected chi connectivity index (χ4v) is 6.65. The van der Waals surface area contributed by atoms with E-state index in [1.807, 2.05) is 0 Å². The Morgan fingerprint density at radius 2 is 1.71 bits per heavy atom. The Morgan fingerprint density at radius 3 is 2.24 bits per heavy atom. The first-order valence-electron chi connectivity index (χ1n) is 9.68. The Kier molecular flexibility index (Phi) is 4.43. The molecule has 1 heteroatoms. The van der Waals surface area contributed by atoms with Gasteiger partial charge in [-0.15, -0.1) is 0 Å². The lowest BCUT2D eigenvalue weighted by Crippen LogP contribution is -2.58. The molecule has 3 unspecified atom stereocenters. The minimum absolute atomic E-state index is 0.656. The van der Waals surface area contributed by atoms with Gasteiger partial charge >= 0.3 is 0 Å². The molecular formula is C20H37N. The summed E-state index contributed by atoms with van der Waals surface area (Å²) >= 11 is 0. The van der Waals surface area contributed by atoms with Crippen molar-refractivity contribution < 1.29 is 0 Å². The summed E-state index contributed by atoms with van der Waals surface area (Å²) in [5, 5.41) is 4.00. The largest absolute Gasteiger partial charge is 0.313 e. The van der Waals surface area contributed by atoms with Gasteiger partial charge in [-0.3, -0.25) is 0 Å². The maximum atomic E-state index is 4.00. The van der Waals surface area contributed by atoms with Crippen LogP contribution >= 0.6 is 0 Å². The molecule has 122 valence electrons. The van der Waals surface area contributed by atoms with Gasteiger partial charge in [-0.05, 0) is 92.9 Å². The molecule has 0 saturated heterocycles. The molecule has 0 aromatic heterocycles. The fourth-order valence-electron chi connectivity index (χ4n) is 6.65. The smallest absolute Gasteiger partial charge is 0.0124 e. The number of nitrogens with one attached hydrogen (secondary N) is 1. The first-order valence-corrected chi connectivity index (χ1v) is 9.68. The highest BCUT2D eigenvalue weighted by Gasteiger charge is 2.57. The Morgan fingerprint density at radius 1 is 1.05 bits per heavy atom. The van der Waals surface area contributed by atoms with Gasteiger partial charge in [0.05, 0.1) is 0 Å². The zero-order valence-electron chi connectivity index (χ0n) is 14.9. The second-order valence-corrected chi connectivity index (χ2v) is 9.61. The topological polar surface area (TPSA) is 12.0 Å². The van der Waals surface area contributed by atoms with E-state index in [9.17, 15) is 0 Å². The molecule has 4 rings (SSSR count). The summed E-state index contributed by atoms with van der Waals surface area (Å²) < 4.78 is 0. The zero-order chi connectivity index (χ0) is 15.1. The van der Waals surface area contributed by atoms with E-state index < -0.39 is 0 Å². The lowest BCUT2D eigenvalue weighted by atomic mass is 9.43. The molecule has 21 heavy (non-hydrogen) atoms. The summed E-state index contributed by atoms with van der Waals surface area (Å²) in [5.41, 5.74) is 1.34. The van der Waals surface area contributed by atoms with Crippen LogP contribution in [0.15, 0.2) is 0 Å². The summed E-state index contributed by atoms with van der Waals surface area (Å²) in [5.74, 6) is 2.96. The molecule has 0 amide bonds. The van der Waals surface area contributed by atoms with E-state index >= 15 is 0 Å². The van der Waals surface area contributed by atoms with E-state index in [4.69, 9.17) is 0 Å². The van der Waals surface area contributed by atoms with Crippen molar-refractivity contribution in [2.45, 2.75) is 91.5 Å². The van der Waals surface area contributed by atoms with Gasteiger partial charge in [0, 0.05) is 6.04 Å². The van der Waals surface area contributed by atoms with Gasteiger partial charge in [0.1, 0.15) is 0 Å². The standard InChI is InChI=1S/C20H37N/c1-5-8-21-18(7-6-15(2)3)20-12-16-9-17(13-20)11-19(4,10-16)14-20/h15-18,21H,5-14H2,1-4H3. The van der Waals surface area contributed by atoms with Crippen LogP contribution in [0.1, 0.15) is 85.5 Å². The molecule has 4 bridgehead atoms. The van der Waals surface area contributed by atoms with E-state index in [-0.39, 0.29) is 0 Å². The summed E-state index contributed by atoms with van der Waals surface area (Å²) in [4.78, 5) is 0. The van der Waals surface area contributed by atoms with Crippen molar-refractivity contribution in [3.63, 3.8) is 0 Å². The predicted molar refractivity (Wildman–Crippen MR) is 91.4 cm³/mol. The molecule has 4 fully saturated rings. The van der Waals surface area contributed by atoms with E-state index in [2.05, 4.69) is 33.0 Å². The summed E-state index contributed by atoms with van der Waals surface area (Å²) in [7, 11) is 0. The molecular weight excluding hydrogens is 254 g/mol. The van der Waals surface area contributed by atoms with Crippen LogP contribution in [0.4, 0.5) is 0 Å². The zero-order valence-corrected chi connectivity index (χ0v) is 14.9. The van der Waals surface area contributed by atoms with Gasteiger partial charge in [-0.2, -0.15) is 0 Å². The number of hydrogen-bond donors (Lipinski definition) is 1. The Labute approximate surface area is 132 Å². The van der Waals surface area contributed by atoms with Crippen LogP contribution in [0.25, 0.3) is 0 Å². The van der Waals surface area contributed by atoms with Crippen LogP contribution in [0.2, 0.25) is 0 Å². The highest BCUT2D eigenvalue weighted by Crippen LogP contribution is 2.66. The molecule has 0 spiro atoms. The second kappa shape index (κ2) is 5.87. The quantitative estimate of drug-likeness (QED) is 0.662. The third-order valence-corrected chi connectivity index (χ3v) is 6.81. The molecule has 0 aromatic rings. The summed E-state index contributed by atoms with van der Waals surface area (Å²) in [6.45, 7) is 10.9. The van der Waals surface area contributed by atoms with Gasteiger partial charge in [0.2, 0.25) is 0 Å². The van der Waals surface area contributed by atoms with Crippen LogP contribution in [-0.2, 0) is 0 Å². The SMILES string of the molecule is CCCNC(CCC(C)C)C12CC3CC(CC(C)(C3)C1)C2. The van der Waals surface area contributed by atoms with Gasteiger partial charge in [-0.1, -0.05) is 27.7 Å². The van der Waals surface area contributed by atoms with Crippen LogP contribution in [0.5, 0.6) is 0 Å². The molecule has 0 aromatic carbocycles. The van der Waals surface area contributed by atoms with Crippen LogP contribution in [-0.4, -0.2) is 12.6 Å². The Bertz CT molecular complexity index is 345. The lowest BCUT2D eigenvalue weighted by Gasteiger charge is -2.63. The van der Waals surface area contributed by atoms with Gasteiger partial charge < -0.3 is 5.32 Å². The molecule has 0 heterocycles. The fraction of sp³-hybridized carbons (Fsp3) is 1.00. The van der Waals surface area contributed by atoms with Crippen molar-refractivity contribution in [3.8, 4) is 0 Å². The van der Waals surface area contributed by atoms with E-state index in [1.54, 1.807) is 19.3 Å². The van der Waals surface area contributed by atoms with E-state index in [0.717, 1.165) is 23.8 Å². The van der Waals surface area contributed by atoms with Gasteiger partial charge in [0.25, 0.3) is 0 Å². The van der Waals surface area contributed by atoms with Crippen molar-refractivity contribution in [2.24, 2.45) is 28.6 Å². The molecule has 3 atom stereocenters. The van der Waals surface area contributed by atoms with Crippen molar-refractivity contribution in [2.75, 3.05) is 6.54 Å². The van der Waals surface area contributed by atoms with E-state index in [0.29, 0.717) is 10.8 Å². The first kappa shape index (κ1) is 15.8. The summed E-state index contributed by atoms with van der Waals surface area (Å²) in [6, 6.07) is 0.796. The van der Waals surface area contributed by atoms with Crippen LogP contribution in [0.3, 0.4) is 0 Å². The Hall–Kier alpha value is -0.0400. The summed E-state index contributed by atoms with van der Waals surface area (Å²) in [6.07, 6.45) is 13.3. The monoisotopic (exact) mass is 291 g/mol. The highest BCUT2D eigenvalue weighted by molar-refractivity contribution is 5.09. The molecule has 1 nitrogen and oxygen atoms in total. The predicted octanol–water partition coefficient (Wildman–Crippen LogP) is 5.40. The molecule has 0 radical (unpaired) electrons. The van der Waals surface area contributed by atoms with E-state index in [1.165, 1.54) is 45.1 Å². The maximum absolute atomic E-state index is 4.00. The maximum Gasteiger partial charge on any atom is 0.0124 e. The Balaban J connectivity index is 1.76. The minimum Gasteiger partial charge on any atom is -0.313 e. The van der Waals surface area contributed by atoms with Crippen LogP contribution in [0, 0.1) is 28.6 Å². The molecule has 4 aliphatic carbocycles. The van der Waals surface area contributed by atoms with Gasteiger partial charge in [-0.25, -0.2) is 0 Å². The average molecular weight is 292 g/mol. The normalized spacial score (nSPS) is 42.7. The number of rotatable bonds is 7. The molecule has 0 aliphatic heterocycles. The number of hydrogen-bond acceptors (Lipinski definition) is 1. The highest BCUT2D eigenvalue weighted by atomic mass is 14.9. The molecule has 4 saturated carbocycles. The minimum atomic E-state index is 0.656. The van der Waals surface area contributed by atoms with Crippen molar-refractivity contribution >= 4 is 0 Å². The second-order valence-electron chi connectivity index (χ2n) is 9.61. The first-order chi connectivity index (χ1) is 9.95. The van der Waals surface area contributed by atoms with Crippen molar-refractivity contribution in [1.29, 1.82) is 0 Å². The van der Waals surface area contributed by atoms with Crippen molar-refractivity contribution in [1.82, 2.24) is 5.32 Å². The lowest BCUT2D eigenvalue weighted by molar-refractivity contribution is -0.119. The van der Waals surface area contributed by atoms with Gasteiger partial charge in [0.15, 0.2) is 0 Å². The van der Waals surface area contributed by atoms with Crippen molar-refractivity contribution in [3.05, 3.63) is 0 Å². The third-order valence-electron chi connectivity index (χ3n) is 6.81.